The fourth-order valence-corrected chi connectivity index (χ4v) is 1.85. The molecule has 0 spiro atoms. The van der Waals surface area contributed by atoms with Gasteiger partial charge in [0, 0.05) is 24.3 Å². The van der Waals surface area contributed by atoms with Crippen LogP contribution in [-0.2, 0) is 13.1 Å². The van der Waals surface area contributed by atoms with Crippen LogP contribution < -0.4 is 5.73 Å². The van der Waals surface area contributed by atoms with Crippen LogP contribution in [0.4, 0.5) is 0 Å². The lowest BCUT2D eigenvalue weighted by molar-refractivity contribution is 0.538. The van der Waals surface area contributed by atoms with Crippen LogP contribution in [0.25, 0.3) is 0 Å². The lowest BCUT2D eigenvalue weighted by atomic mass is 10.1. The smallest absolute Gasteiger partial charge is 0.148 e. The molecule has 6 nitrogen and oxygen atoms in total. The van der Waals surface area contributed by atoms with Crippen molar-refractivity contribution in [1.82, 2.24) is 24.5 Å². The molecule has 0 bridgehead atoms. The summed E-state index contributed by atoms with van der Waals surface area (Å²) in [5.41, 5.74) is 7.04. The first-order valence-electron chi connectivity index (χ1n) is 6.39. The molecule has 2 rings (SSSR count). The third-order valence-corrected chi connectivity index (χ3v) is 2.96. The van der Waals surface area contributed by atoms with E-state index in [9.17, 15) is 0 Å². The highest BCUT2D eigenvalue weighted by Crippen LogP contribution is 2.12. The van der Waals surface area contributed by atoms with Crippen LogP contribution in [0.1, 0.15) is 44.1 Å². The third-order valence-electron chi connectivity index (χ3n) is 2.96. The maximum absolute atomic E-state index is 5.97. The van der Waals surface area contributed by atoms with Crippen LogP contribution >= 0.6 is 0 Å². The lowest BCUT2D eigenvalue weighted by Gasteiger charge is -2.05. The molecule has 0 aromatic carbocycles. The topological polar surface area (TPSA) is 74.5 Å². The van der Waals surface area contributed by atoms with Crippen LogP contribution in [0, 0.1) is 0 Å². The highest BCUT2D eigenvalue weighted by atomic mass is 15.4. The van der Waals surface area contributed by atoms with Gasteiger partial charge in [0.2, 0.25) is 0 Å². The Hall–Kier alpha value is -1.69. The molecule has 6 heteroatoms. The van der Waals surface area contributed by atoms with E-state index in [2.05, 4.69) is 29.0 Å². The molecular weight excluding hydrogens is 228 g/mol. The minimum Gasteiger partial charge on any atom is -0.324 e. The van der Waals surface area contributed by atoms with Crippen molar-refractivity contribution in [3.05, 3.63) is 30.1 Å². The van der Waals surface area contributed by atoms with Crippen molar-refractivity contribution in [2.75, 3.05) is 0 Å². The first-order valence-corrected chi connectivity index (χ1v) is 6.39. The second kappa shape index (κ2) is 5.77. The maximum Gasteiger partial charge on any atom is 0.148 e. The van der Waals surface area contributed by atoms with Gasteiger partial charge in [-0.3, -0.25) is 4.68 Å². The molecule has 0 fully saturated rings. The van der Waals surface area contributed by atoms with E-state index in [4.69, 9.17) is 5.73 Å². The average molecular weight is 248 g/mol. The van der Waals surface area contributed by atoms with Crippen LogP contribution in [0.5, 0.6) is 0 Å². The summed E-state index contributed by atoms with van der Waals surface area (Å²) in [5.74, 6) is 0.927. The Morgan fingerprint density at radius 2 is 2.17 bits per heavy atom. The number of aromatic nitrogens is 5. The third kappa shape index (κ3) is 2.76. The van der Waals surface area contributed by atoms with Gasteiger partial charge in [-0.15, -0.1) is 0 Å². The zero-order chi connectivity index (χ0) is 13.0. The standard InChI is InChI=1S/C12H20N6/c1-3-5-18-12(14-9-16-18)8-17-7-10(6-15-17)11(13)4-2/h6-7,9,11H,3-5,8,13H2,1-2H3. The number of nitrogens with two attached hydrogens (primary N) is 1. The molecule has 0 aliphatic rings. The van der Waals surface area contributed by atoms with Crippen molar-refractivity contribution in [3.63, 3.8) is 0 Å². The first kappa shape index (κ1) is 12.8. The lowest BCUT2D eigenvalue weighted by Crippen LogP contribution is -2.11. The van der Waals surface area contributed by atoms with Gasteiger partial charge in [-0.05, 0) is 12.8 Å². The number of aryl methyl sites for hydroxylation is 1. The molecule has 2 aromatic heterocycles. The van der Waals surface area contributed by atoms with Gasteiger partial charge in [-0.1, -0.05) is 13.8 Å². The van der Waals surface area contributed by atoms with Gasteiger partial charge in [0.15, 0.2) is 0 Å². The van der Waals surface area contributed by atoms with Gasteiger partial charge < -0.3 is 5.73 Å². The predicted octanol–water partition coefficient (Wildman–Crippen LogP) is 1.34. The largest absolute Gasteiger partial charge is 0.324 e. The van der Waals surface area contributed by atoms with Crippen molar-refractivity contribution < 1.29 is 0 Å². The molecule has 1 atom stereocenters. The van der Waals surface area contributed by atoms with Gasteiger partial charge in [0.05, 0.1) is 6.20 Å². The normalized spacial score (nSPS) is 12.8. The Kier molecular flexibility index (Phi) is 4.09. The maximum atomic E-state index is 5.97. The van der Waals surface area contributed by atoms with Gasteiger partial charge in [0.25, 0.3) is 0 Å². The zero-order valence-electron chi connectivity index (χ0n) is 11.0. The number of hydrogen-bond acceptors (Lipinski definition) is 4. The summed E-state index contributed by atoms with van der Waals surface area (Å²) < 4.78 is 3.78. The molecule has 2 N–H and O–H groups in total. The Morgan fingerprint density at radius 1 is 1.33 bits per heavy atom. The molecule has 0 saturated carbocycles. The minimum absolute atomic E-state index is 0.0623. The van der Waals surface area contributed by atoms with Crippen molar-refractivity contribution in [1.29, 1.82) is 0 Å². The summed E-state index contributed by atoms with van der Waals surface area (Å²) in [5, 5.41) is 8.52. The molecule has 0 saturated heterocycles. The zero-order valence-corrected chi connectivity index (χ0v) is 11.0. The average Bonchev–Trinajstić information content (AvgIpc) is 3.00. The predicted molar refractivity (Wildman–Crippen MR) is 68.9 cm³/mol. The second-order valence-electron chi connectivity index (χ2n) is 4.39. The molecule has 98 valence electrons. The minimum atomic E-state index is 0.0623. The second-order valence-corrected chi connectivity index (χ2v) is 4.39. The van der Waals surface area contributed by atoms with Crippen molar-refractivity contribution in [2.24, 2.45) is 5.73 Å². The van der Waals surface area contributed by atoms with Gasteiger partial charge in [0.1, 0.15) is 18.7 Å². The van der Waals surface area contributed by atoms with Crippen molar-refractivity contribution in [2.45, 2.75) is 45.8 Å². The summed E-state index contributed by atoms with van der Waals surface area (Å²) in [6.45, 7) is 5.71. The number of nitrogens with zero attached hydrogens (tertiary/aromatic N) is 5. The molecule has 0 amide bonds. The van der Waals surface area contributed by atoms with E-state index in [0.717, 1.165) is 30.8 Å². The summed E-state index contributed by atoms with van der Waals surface area (Å²) in [6, 6.07) is 0.0623. The van der Waals surface area contributed by atoms with E-state index in [1.807, 2.05) is 21.8 Å². The van der Waals surface area contributed by atoms with Crippen molar-refractivity contribution >= 4 is 0 Å². The van der Waals surface area contributed by atoms with E-state index in [1.165, 1.54) is 0 Å². The van der Waals surface area contributed by atoms with Crippen LogP contribution in [0.15, 0.2) is 18.7 Å². The fraction of sp³-hybridized carbons (Fsp3) is 0.583. The quantitative estimate of drug-likeness (QED) is 0.837. The SMILES string of the molecule is CCCn1ncnc1Cn1cc(C(N)CC)cn1. The van der Waals surface area contributed by atoms with E-state index in [0.29, 0.717) is 6.54 Å². The van der Waals surface area contributed by atoms with Crippen LogP contribution in [0.2, 0.25) is 0 Å². The highest BCUT2D eigenvalue weighted by Gasteiger charge is 2.09. The fourth-order valence-electron chi connectivity index (χ4n) is 1.85. The Morgan fingerprint density at radius 3 is 2.89 bits per heavy atom. The van der Waals surface area contributed by atoms with E-state index in [-0.39, 0.29) is 6.04 Å². The molecule has 0 aliphatic carbocycles. The highest BCUT2D eigenvalue weighted by molar-refractivity contribution is 5.09. The molecule has 18 heavy (non-hydrogen) atoms. The summed E-state index contributed by atoms with van der Waals surface area (Å²) in [4.78, 5) is 4.26. The number of rotatable bonds is 6. The summed E-state index contributed by atoms with van der Waals surface area (Å²) in [7, 11) is 0. The first-order chi connectivity index (χ1) is 8.74. The number of hydrogen-bond donors (Lipinski definition) is 1. The van der Waals surface area contributed by atoms with Crippen LogP contribution in [0.3, 0.4) is 0 Å². The molecule has 0 radical (unpaired) electrons. The van der Waals surface area contributed by atoms with E-state index < -0.39 is 0 Å². The molecular formula is C12H20N6. The van der Waals surface area contributed by atoms with E-state index >= 15 is 0 Å². The monoisotopic (exact) mass is 248 g/mol. The van der Waals surface area contributed by atoms with Crippen molar-refractivity contribution in [3.8, 4) is 0 Å². The Labute approximate surface area is 107 Å². The molecule has 2 heterocycles. The Balaban J connectivity index is 2.09. The molecule has 1 unspecified atom stereocenters. The summed E-state index contributed by atoms with van der Waals surface area (Å²) in [6.07, 6.45) is 7.36. The van der Waals surface area contributed by atoms with Gasteiger partial charge >= 0.3 is 0 Å². The van der Waals surface area contributed by atoms with Gasteiger partial charge in [-0.25, -0.2) is 9.67 Å². The summed E-state index contributed by atoms with van der Waals surface area (Å²) >= 11 is 0. The van der Waals surface area contributed by atoms with Gasteiger partial charge in [-0.2, -0.15) is 10.2 Å². The van der Waals surface area contributed by atoms with E-state index in [1.54, 1.807) is 6.33 Å². The molecule has 2 aromatic rings. The Bertz CT molecular complexity index is 486. The van der Waals surface area contributed by atoms with Crippen LogP contribution in [-0.4, -0.2) is 24.5 Å². The molecule has 0 aliphatic heterocycles.